The zero-order chi connectivity index (χ0) is 10.1. The summed E-state index contributed by atoms with van der Waals surface area (Å²) < 4.78 is 0. The Morgan fingerprint density at radius 3 is 2.86 bits per heavy atom. The van der Waals surface area contributed by atoms with E-state index in [4.69, 9.17) is 0 Å². The van der Waals surface area contributed by atoms with Gasteiger partial charge in [-0.3, -0.25) is 4.98 Å². The van der Waals surface area contributed by atoms with Crippen molar-refractivity contribution in [3.63, 3.8) is 0 Å². The minimum absolute atomic E-state index is 0.223. The summed E-state index contributed by atoms with van der Waals surface area (Å²) in [5.74, 6) is 0.223. The standard InChI is InChI=1S/C12H11NO/c1-3-9-4-5-10-11(6-9)8(2)13-7-12(10)14/h3-7,14H,1H2,2H3. The molecule has 0 amide bonds. The van der Waals surface area contributed by atoms with Crippen LogP contribution in [0.15, 0.2) is 31.0 Å². The van der Waals surface area contributed by atoms with Crippen LogP contribution in [-0.4, -0.2) is 10.1 Å². The first kappa shape index (κ1) is 8.75. The summed E-state index contributed by atoms with van der Waals surface area (Å²) >= 11 is 0. The third-order valence-corrected chi connectivity index (χ3v) is 2.33. The molecule has 0 aliphatic carbocycles. The summed E-state index contributed by atoms with van der Waals surface area (Å²) in [5.41, 5.74) is 1.95. The van der Waals surface area contributed by atoms with Gasteiger partial charge in [0.1, 0.15) is 5.75 Å². The number of pyridine rings is 1. The Balaban J connectivity index is 2.86. The number of nitrogens with zero attached hydrogens (tertiary/aromatic N) is 1. The van der Waals surface area contributed by atoms with Crippen LogP contribution < -0.4 is 0 Å². The lowest BCUT2D eigenvalue weighted by Crippen LogP contribution is -1.85. The van der Waals surface area contributed by atoms with Gasteiger partial charge in [0.2, 0.25) is 0 Å². The molecule has 0 radical (unpaired) electrons. The van der Waals surface area contributed by atoms with E-state index in [1.165, 1.54) is 6.20 Å². The largest absolute Gasteiger partial charge is 0.506 e. The first-order valence-corrected chi connectivity index (χ1v) is 4.43. The average molecular weight is 185 g/mol. The zero-order valence-corrected chi connectivity index (χ0v) is 7.99. The molecule has 1 aromatic carbocycles. The predicted molar refractivity (Wildman–Crippen MR) is 58.2 cm³/mol. The number of hydrogen-bond donors (Lipinski definition) is 1. The normalized spacial score (nSPS) is 10.4. The molecule has 0 atom stereocenters. The van der Waals surface area contributed by atoms with Crippen molar-refractivity contribution in [2.75, 3.05) is 0 Å². The minimum atomic E-state index is 0.223. The Morgan fingerprint density at radius 2 is 2.14 bits per heavy atom. The van der Waals surface area contributed by atoms with Gasteiger partial charge in [-0.15, -0.1) is 0 Å². The summed E-state index contributed by atoms with van der Waals surface area (Å²) in [6.45, 7) is 5.63. The molecular formula is C12H11NO. The Kier molecular flexibility index (Phi) is 1.97. The van der Waals surface area contributed by atoms with Gasteiger partial charge in [0.05, 0.1) is 6.20 Å². The highest BCUT2D eigenvalue weighted by Gasteiger charge is 2.03. The molecule has 0 bridgehead atoms. The molecule has 2 rings (SSSR count). The zero-order valence-electron chi connectivity index (χ0n) is 7.99. The van der Waals surface area contributed by atoms with Crippen molar-refractivity contribution in [2.45, 2.75) is 6.92 Å². The highest BCUT2D eigenvalue weighted by molar-refractivity contribution is 5.90. The van der Waals surface area contributed by atoms with Gasteiger partial charge in [-0.25, -0.2) is 0 Å². The highest BCUT2D eigenvalue weighted by atomic mass is 16.3. The number of aromatic hydroxyl groups is 1. The first-order chi connectivity index (χ1) is 6.72. The number of rotatable bonds is 1. The van der Waals surface area contributed by atoms with Gasteiger partial charge in [0.25, 0.3) is 0 Å². The lowest BCUT2D eigenvalue weighted by atomic mass is 10.1. The van der Waals surface area contributed by atoms with Crippen LogP contribution in [0.5, 0.6) is 5.75 Å². The number of aryl methyl sites for hydroxylation is 1. The summed E-state index contributed by atoms with van der Waals surface area (Å²) in [6, 6.07) is 5.79. The molecule has 1 N–H and O–H groups in total. The lowest BCUT2D eigenvalue weighted by molar-refractivity contribution is 0.479. The van der Waals surface area contributed by atoms with E-state index in [0.717, 1.165) is 22.0 Å². The maximum Gasteiger partial charge on any atom is 0.141 e. The van der Waals surface area contributed by atoms with Gasteiger partial charge < -0.3 is 5.11 Å². The molecule has 70 valence electrons. The van der Waals surface area contributed by atoms with E-state index in [-0.39, 0.29) is 5.75 Å². The Hall–Kier alpha value is -1.83. The lowest BCUT2D eigenvalue weighted by Gasteiger charge is -2.04. The van der Waals surface area contributed by atoms with E-state index < -0.39 is 0 Å². The summed E-state index contributed by atoms with van der Waals surface area (Å²) in [7, 11) is 0. The molecule has 1 heterocycles. The summed E-state index contributed by atoms with van der Waals surface area (Å²) in [5, 5.41) is 11.4. The fourth-order valence-corrected chi connectivity index (χ4v) is 1.51. The third-order valence-electron chi connectivity index (χ3n) is 2.33. The van der Waals surface area contributed by atoms with Crippen LogP contribution in [0.25, 0.3) is 16.8 Å². The molecule has 0 aliphatic rings. The maximum atomic E-state index is 9.57. The molecule has 1 aromatic heterocycles. The maximum absolute atomic E-state index is 9.57. The van der Waals surface area contributed by atoms with Crippen molar-refractivity contribution in [3.8, 4) is 5.75 Å². The Morgan fingerprint density at radius 1 is 1.36 bits per heavy atom. The molecule has 0 saturated carbocycles. The molecule has 0 saturated heterocycles. The fraction of sp³-hybridized carbons (Fsp3) is 0.0833. The predicted octanol–water partition coefficient (Wildman–Crippen LogP) is 2.89. The third kappa shape index (κ3) is 1.25. The molecule has 0 fully saturated rings. The number of aromatic nitrogens is 1. The van der Waals surface area contributed by atoms with Crippen LogP contribution in [0.4, 0.5) is 0 Å². The second kappa shape index (κ2) is 3.14. The van der Waals surface area contributed by atoms with Crippen molar-refractivity contribution >= 4 is 16.8 Å². The van der Waals surface area contributed by atoms with E-state index in [2.05, 4.69) is 11.6 Å². The Labute approximate surface area is 82.5 Å². The molecule has 14 heavy (non-hydrogen) atoms. The van der Waals surface area contributed by atoms with Gasteiger partial charge in [-0.05, 0) is 24.6 Å². The van der Waals surface area contributed by atoms with Crippen molar-refractivity contribution in [1.82, 2.24) is 4.98 Å². The van der Waals surface area contributed by atoms with Gasteiger partial charge in [-0.1, -0.05) is 18.7 Å². The van der Waals surface area contributed by atoms with E-state index >= 15 is 0 Å². The molecule has 2 nitrogen and oxygen atoms in total. The minimum Gasteiger partial charge on any atom is -0.506 e. The SMILES string of the molecule is C=Cc1ccc2c(O)cnc(C)c2c1. The van der Waals surface area contributed by atoms with Crippen molar-refractivity contribution in [1.29, 1.82) is 0 Å². The number of benzene rings is 1. The smallest absolute Gasteiger partial charge is 0.141 e. The highest BCUT2D eigenvalue weighted by Crippen LogP contribution is 2.26. The van der Waals surface area contributed by atoms with Crippen molar-refractivity contribution in [2.24, 2.45) is 0 Å². The monoisotopic (exact) mass is 185 g/mol. The van der Waals surface area contributed by atoms with E-state index in [9.17, 15) is 5.11 Å². The van der Waals surface area contributed by atoms with Crippen LogP contribution in [0, 0.1) is 6.92 Å². The van der Waals surface area contributed by atoms with Crippen LogP contribution >= 0.6 is 0 Å². The topological polar surface area (TPSA) is 33.1 Å². The quantitative estimate of drug-likeness (QED) is 0.741. The molecule has 2 aromatic rings. The summed E-state index contributed by atoms with van der Waals surface area (Å²) in [6.07, 6.45) is 3.26. The van der Waals surface area contributed by atoms with Gasteiger partial charge in [-0.2, -0.15) is 0 Å². The van der Waals surface area contributed by atoms with Gasteiger partial charge >= 0.3 is 0 Å². The molecule has 0 unspecified atom stereocenters. The van der Waals surface area contributed by atoms with Crippen LogP contribution in [-0.2, 0) is 0 Å². The van der Waals surface area contributed by atoms with E-state index in [1.54, 1.807) is 6.08 Å². The van der Waals surface area contributed by atoms with Crippen LogP contribution in [0.2, 0.25) is 0 Å². The first-order valence-electron chi connectivity index (χ1n) is 4.43. The van der Waals surface area contributed by atoms with E-state index in [0.29, 0.717) is 0 Å². The summed E-state index contributed by atoms with van der Waals surface area (Å²) in [4.78, 5) is 4.10. The molecular weight excluding hydrogens is 174 g/mol. The average Bonchev–Trinajstić information content (AvgIpc) is 2.23. The second-order valence-electron chi connectivity index (χ2n) is 3.24. The Bertz CT molecular complexity index is 503. The molecule has 2 heteroatoms. The number of fused-ring (bicyclic) bond motifs is 1. The van der Waals surface area contributed by atoms with Crippen molar-refractivity contribution < 1.29 is 5.11 Å². The number of hydrogen-bond acceptors (Lipinski definition) is 2. The fourth-order valence-electron chi connectivity index (χ4n) is 1.51. The second-order valence-corrected chi connectivity index (χ2v) is 3.24. The van der Waals surface area contributed by atoms with Gasteiger partial charge in [0.15, 0.2) is 0 Å². The van der Waals surface area contributed by atoms with Gasteiger partial charge in [0, 0.05) is 16.5 Å². The van der Waals surface area contributed by atoms with Crippen LogP contribution in [0.1, 0.15) is 11.3 Å². The van der Waals surface area contributed by atoms with Crippen LogP contribution in [0.3, 0.4) is 0 Å². The molecule has 0 aliphatic heterocycles. The van der Waals surface area contributed by atoms with Crippen molar-refractivity contribution in [3.05, 3.63) is 42.2 Å². The molecule has 0 spiro atoms. The van der Waals surface area contributed by atoms with E-state index in [1.807, 2.05) is 25.1 Å².